The van der Waals surface area contributed by atoms with Gasteiger partial charge in [0.1, 0.15) is 0 Å². The first-order chi connectivity index (χ1) is 24.1. The van der Waals surface area contributed by atoms with Crippen LogP contribution in [0.5, 0.6) is 0 Å². The van der Waals surface area contributed by atoms with E-state index in [1.54, 1.807) is 48.5 Å². The minimum atomic E-state index is -1.31. The molecule has 0 amide bonds. The predicted molar refractivity (Wildman–Crippen MR) is 181 cm³/mol. The molecule has 0 fully saturated rings. The van der Waals surface area contributed by atoms with E-state index in [0.717, 1.165) is 66.1 Å². The van der Waals surface area contributed by atoms with Gasteiger partial charge >= 0.3 is 0 Å². The predicted octanol–water partition coefficient (Wildman–Crippen LogP) is 4.12. The zero-order valence-corrected chi connectivity index (χ0v) is 26.0. The number of carbonyl (C=O) groups excluding carboxylic acids is 4. The molecule has 0 heterocycles. The van der Waals surface area contributed by atoms with E-state index in [4.69, 9.17) is 0 Å². The molecule has 0 aliphatic rings. The first kappa shape index (κ1) is 31.5. The van der Waals surface area contributed by atoms with Crippen molar-refractivity contribution in [1.29, 1.82) is 0 Å². The van der Waals surface area contributed by atoms with Crippen LogP contribution in [-0.2, 0) is 0 Å². The molecule has 0 atom stereocenters. The Kier molecular flexibility index (Phi) is 7.89. The van der Waals surface area contributed by atoms with Gasteiger partial charge in [-0.25, -0.2) is 0 Å². The van der Waals surface area contributed by atoms with E-state index in [9.17, 15) is 39.6 Å². The number of fused-ring (bicyclic) bond motifs is 2. The summed E-state index contributed by atoms with van der Waals surface area (Å²) in [6, 6.07) is 37.1. The molecule has 0 saturated heterocycles. The van der Waals surface area contributed by atoms with Gasteiger partial charge in [0.15, 0.2) is 0 Å². The first-order valence-corrected chi connectivity index (χ1v) is 15.4. The molecular formula is C42H22O8-4. The largest absolute Gasteiger partial charge is 0.545 e. The Morgan fingerprint density at radius 2 is 0.520 bits per heavy atom. The first-order valence-electron chi connectivity index (χ1n) is 15.4. The van der Waals surface area contributed by atoms with Crippen LogP contribution in [0.25, 0.3) is 66.1 Å². The van der Waals surface area contributed by atoms with Crippen molar-refractivity contribution in [3.05, 3.63) is 156 Å². The van der Waals surface area contributed by atoms with Crippen LogP contribution in [0, 0.1) is 0 Å². The maximum absolute atomic E-state index is 11.6. The van der Waals surface area contributed by atoms with Gasteiger partial charge in [-0.05, 0) is 100 Å². The second kappa shape index (κ2) is 12.5. The van der Waals surface area contributed by atoms with E-state index in [1.807, 2.05) is 36.4 Å². The fraction of sp³-hybridized carbons (Fsp3) is 0. The highest BCUT2D eigenvalue weighted by atomic mass is 16.4. The molecule has 50 heavy (non-hydrogen) atoms. The lowest BCUT2D eigenvalue weighted by atomic mass is 9.83. The number of hydrogen-bond donors (Lipinski definition) is 0. The number of carbonyl (C=O) groups is 4. The standard InChI is InChI=1S/C42H26O8/c43-39(44)27-9-1-23(2-10-27)31-17-19-33-35(21-31)37(25-5-13-29(14-6-25)41(47)48)34-20-18-32(24-3-11-28(12-4-24)40(45)46)22-36(34)38(33)26-7-15-30(16-8-26)42(49)50/h1-22H,(H,43,44)(H,45,46)(H,47,48)(H,49,50)/p-4. The van der Waals surface area contributed by atoms with Crippen LogP contribution >= 0.6 is 0 Å². The summed E-state index contributed by atoms with van der Waals surface area (Å²) >= 11 is 0. The van der Waals surface area contributed by atoms with Gasteiger partial charge in [0.2, 0.25) is 0 Å². The van der Waals surface area contributed by atoms with E-state index < -0.39 is 23.9 Å². The van der Waals surface area contributed by atoms with E-state index in [-0.39, 0.29) is 22.3 Å². The fourth-order valence-electron chi connectivity index (χ4n) is 6.35. The number of aromatic carboxylic acids is 4. The quantitative estimate of drug-likeness (QED) is 0.221. The highest BCUT2D eigenvalue weighted by molar-refractivity contribution is 6.22. The Hall–Kier alpha value is -7.06. The highest BCUT2D eigenvalue weighted by Crippen LogP contribution is 2.46. The van der Waals surface area contributed by atoms with Gasteiger partial charge in [-0.3, -0.25) is 0 Å². The highest BCUT2D eigenvalue weighted by Gasteiger charge is 2.19. The number of carboxylic acid groups (broad SMARTS) is 4. The Morgan fingerprint density at radius 1 is 0.280 bits per heavy atom. The van der Waals surface area contributed by atoms with Gasteiger partial charge in [-0.2, -0.15) is 0 Å². The summed E-state index contributed by atoms with van der Waals surface area (Å²) in [5.74, 6) is -5.18. The lowest BCUT2D eigenvalue weighted by molar-refractivity contribution is -0.256. The van der Waals surface area contributed by atoms with E-state index >= 15 is 0 Å². The second-order valence-corrected chi connectivity index (χ2v) is 11.7. The van der Waals surface area contributed by atoms with Crippen LogP contribution < -0.4 is 20.4 Å². The molecule has 0 unspecified atom stereocenters. The third-order valence-corrected chi connectivity index (χ3v) is 8.84. The molecule has 7 aromatic carbocycles. The van der Waals surface area contributed by atoms with E-state index in [2.05, 4.69) is 0 Å². The lowest BCUT2D eigenvalue weighted by Crippen LogP contribution is -2.21. The summed E-state index contributed by atoms with van der Waals surface area (Å²) in [7, 11) is 0. The van der Waals surface area contributed by atoms with Crippen molar-refractivity contribution >= 4 is 45.4 Å². The normalized spacial score (nSPS) is 11.0. The zero-order valence-electron chi connectivity index (χ0n) is 26.0. The van der Waals surface area contributed by atoms with Gasteiger partial charge in [-0.15, -0.1) is 0 Å². The molecule has 0 aromatic heterocycles. The average Bonchev–Trinajstić information content (AvgIpc) is 3.13. The molecule has 8 nitrogen and oxygen atoms in total. The van der Waals surface area contributed by atoms with Crippen molar-refractivity contribution in [2.75, 3.05) is 0 Å². The van der Waals surface area contributed by atoms with Crippen molar-refractivity contribution in [2.45, 2.75) is 0 Å². The van der Waals surface area contributed by atoms with Crippen molar-refractivity contribution in [2.24, 2.45) is 0 Å². The smallest absolute Gasteiger partial charge is 0.0715 e. The van der Waals surface area contributed by atoms with Crippen LogP contribution in [0.1, 0.15) is 41.4 Å². The lowest BCUT2D eigenvalue weighted by Gasteiger charge is -2.20. The minimum Gasteiger partial charge on any atom is -0.545 e. The van der Waals surface area contributed by atoms with Gasteiger partial charge in [0.05, 0.1) is 23.9 Å². The van der Waals surface area contributed by atoms with E-state index in [0.29, 0.717) is 0 Å². The van der Waals surface area contributed by atoms with Crippen LogP contribution in [0.3, 0.4) is 0 Å². The van der Waals surface area contributed by atoms with Crippen LogP contribution in [0.15, 0.2) is 133 Å². The van der Waals surface area contributed by atoms with Gasteiger partial charge in [0, 0.05) is 0 Å². The van der Waals surface area contributed by atoms with Crippen LogP contribution in [0.4, 0.5) is 0 Å². The third-order valence-electron chi connectivity index (χ3n) is 8.84. The molecule has 8 heteroatoms. The number of carboxylic acids is 4. The molecule has 0 saturated carbocycles. The Morgan fingerprint density at radius 3 is 0.780 bits per heavy atom. The summed E-state index contributed by atoms with van der Waals surface area (Å²) in [6.07, 6.45) is 0. The molecule has 0 radical (unpaired) electrons. The molecule has 7 rings (SSSR count). The average molecular weight is 655 g/mol. The topological polar surface area (TPSA) is 161 Å². The fourth-order valence-corrected chi connectivity index (χ4v) is 6.35. The number of rotatable bonds is 8. The van der Waals surface area contributed by atoms with Crippen molar-refractivity contribution in [3.8, 4) is 44.5 Å². The minimum absolute atomic E-state index is 0.0167. The summed E-state index contributed by atoms with van der Waals surface area (Å²) in [6.45, 7) is 0. The van der Waals surface area contributed by atoms with E-state index in [1.165, 1.54) is 48.5 Å². The SMILES string of the molecule is O=C([O-])c1ccc(-c2ccc3c(-c4ccc(C(=O)[O-])cc4)c4cc(-c5ccc(C(=O)[O-])cc5)ccc4c(-c4ccc(C(=O)[O-])cc4)c3c2)cc1. The van der Waals surface area contributed by atoms with Crippen molar-refractivity contribution in [3.63, 3.8) is 0 Å². The van der Waals surface area contributed by atoms with Crippen LogP contribution in [-0.4, -0.2) is 23.9 Å². The monoisotopic (exact) mass is 654 g/mol. The molecule has 0 aliphatic heterocycles. The Balaban J connectivity index is 1.56. The maximum Gasteiger partial charge on any atom is 0.0715 e. The summed E-state index contributed by atoms with van der Waals surface area (Å²) in [5, 5.41) is 49.2. The molecule has 242 valence electrons. The van der Waals surface area contributed by atoms with Gasteiger partial charge in [0.25, 0.3) is 0 Å². The van der Waals surface area contributed by atoms with Gasteiger partial charge < -0.3 is 39.6 Å². The molecule has 7 aromatic rings. The molecule has 0 aliphatic carbocycles. The van der Waals surface area contributed by atoms with Crippen molar-refractivity contribution < 1.29 is 39.6 Å². The summed E-state index contributed by atoms with van der Waals surface area (Å²) < 4.78 is 0. The Bertz CT molecular complexity index is 2320. The molecule has 0 bridgehead atoms. The maximum atomic E-state index is 11.6. The van der Waals surface area contributed by atoms with Gasteiger partial charge in [-0.1, -0.05) is 121 Å². The summed E-state index contributed by atoms with van der Waals surface area (Å²) in [4.78, 5) is 46.0. The zero-order chi connectivity index (χ0) is 35.1. The molecule has 0 N–H and O–H groups in total. The van der Waals surface area contributed by atoms with Crippen molar-refractivity contribution in [1.82, 2.24) is 0 Å². The molecular weight excluding hydrogens is 632 g/mol. The summed E-state index contributed by atoms with van der Waals surface area (Å²) in [5.41, 5.74) is 6.24. The Labute approximate surface area is 284 Å². The third kappa shape index (κ3) is 5.71. The molecule has 0 spiro atoms. The van der Waals surface area contributed by atoms with Crippen LogP contribution in [0.2, 0.25) is 0 Å². The number of hydrogen-bond acceptors (Lipinski definition) is 8. The second-order valence-electron chi connectivity index (χ2n) is 11.7. The number of benzene rings is 7.